The van der Waals surface area contributed by atoms with Crippen LogP contribution >= 0.6 is 0 Å². The van der Waals surface area contributed by atoms with Crippen molar-refractivity contribution in [1.29, 1.82) is 0 Å². The van der Waals surface area contributed by atoms with Gasteiger partial charge in [0.05, 0.1) is 19.1 Å². The summed E-state index contributed by atoms with van der Waals surface area (Å²) >= 11 is 0. The number of halogens is 1. The predicted octanol–water partition coefficient (Wildman–Crippen LogP) is 3.10. The largest absolute Gasteiger partial charge is 0.495 e. The summed E-state index contributed by atoms with van der Waals surface area (Å²) in [6, 6.07) is 9.95. The summed E-state index contributed by atoms with van der Waals surface area (Å²) in [5.74, 6) is -1.13. The number of amides is 2. The summed E-state index contributed by atoms with van der Waals surface area (Å²) in [6.07, 6.45) is 0.988. The molecule has 0 aliphatic carbocycles. The van der Waals surface area contributed by atoms with E-state index in [0.717, 1.165) is 16.1 Å². The first-order valence-corrected chi connectivity index (χ1v) is 13.1. The number of methoxy groups -OCH3 is 1. The van der Waals surface area contributed by atoms with Crippen molar-refractivity contribution in [2.24, 2.45) is 5.92 Å². The molecule has 10 heteroatoms. The highest BCUT2D eigenvalue weighted by Crippen LogP contribution is 2.31. The second-order valence-electron chi connectivity index (χ2n) is 8.87. The molecule has 1 N–H and O–H groups in total. The van der Waals surface area contributed by atoms with Crippen molar-refractivity contribution in [2.45, 2.75) is 40.3 Å². The predicted molar refractivity (Wildman–Crippen MR) is 134 cm³/mol. The first-order chi connectivity index (χ1) is 16.3. The molecule has 0 saturated carbocycles. The Bertz CT molecular complexity index is 1150. The Morgan fingerprint density at radius 1 is 1.11 bits per heavy atom. The molecule has 0 bridgehead atoms. The van der Waals surface area contributed by atoms with Gasteiger partial charge in [0.15, 0.2) is 0 Å². The number of nitrogens with one attached hydrogen (secondary N) is 1. The van der Waals surface area contributed by atoms with Gasteiger partial charge in [-0.2, -0.15) is 0 Å². The number of nitrogens with zero attached hydrogens (tertiary/aromatic N) is 2. The Morgan fingerprint density at radius 3 is 2.34 bits per heavy atom. The van der Waals surface area contributed by atoms with Crippen molar-refractivity contribution in [3.63, 3.8) is 0 Å². The molecule has 2 rings (SSSR count). The number of carbonyl (C=O) groups excluding carboxylic acids is 2. The van der Waals surface area contributed by atoms with E-state index in [1.54, 1.807) is 31.2 Å². The summed E-state index contributed by atoms with van der Waals surface area (Å²) in [7, 11) is -2.51. The van der Waals surface area contributed by atoms with Crippen molar-refractivity contribution in [2.75, 3.05) is 30.8 Å². The zero-order chi connectivity index (χ0) is 26.3. The number of carbonyl (C=O) groups is 2. The van der Waals surface area contributed by atoms with Gasteiger partial charge in [-0.3, -0.25) is 13.9 Å². The number of sulfonamides is 1. The fraction of sp³-hybridized carbons (Fsp3) is 0.440. The van der Waals surface area contributed by atoms with Crippen LogP contribution in [0.3, 0.4) is 0 Å². The molecule has 0 fully saturated rings. The van der Waals surface area contributed by atoms with Gasteiger partial charge in [0.1, 0.15) is 24.2 Å². The lowest BCUT2D eigenvalue weighted by molar-refractivity contribution is -0.139. The Labute approximate surface area is 207 Å². The van der Waals surface area contributed by atoms with Crippen LogP contribution in [0, 0.1) is 18.7 Å². The first-order valence-electron chi connectivity index (χ1n) is 11.3. The number of benzene rings is 2. The average Bonchev–Trinajstić information content (AvgIpc) is 2.79. The summed E-state index contributed by atoms with van der Waals surface area (Å²) in [4.78, 5) is 27.5. The van der Waals surface area contributed by atoms with Crippen molar-refractivity contribution >= 4 is 27.5 Å². The van der Waals surface area contributed by atoms with Crippen molar-refractivity contribution in [3.8, 4) is 5.75 Å². The van der Waals surface area contributed by atoms with Crippen LogP contribution in [0.15, 0.2) is 42.5 Å². The third kappa shape index (κ3) is 7.68. The third-order valence-corrected chi connectivity index (χ3v) is 6.56. The van der Waals surface area contributed by atoms with Crippen LogP contribution in [-0.4, -0.2) is 57.6 Å². The van der Waals surface area contributed by atoms with E-state index in [9.17, 15) is 22.4 Å². The summed E-state index contributed by atoms with van der Waals surface area (Å²) in [5.41, 5.74) is 1.18. The highest BCUT2D eigenvalue weighted by atomic mass is 32.2. The molecule has 0 heterocycles. The molecule has 0 radical (unpaired) electrons. The van der Waals surface area contributed by atoms with Gasteiger partial charge in [-0.25, -0.2) is 12.8 Å². The van der Waals surface area contributed by atoms with Crippen LogP contribution < -0.4 is 14.4 Å². The molecule has 2 amide bonds. The number of hydrogen-bond acceptors (Lipinski definition) is 5. The molecular formula is C25H34FN3O5S. The minimum Gasteiger partial charge on any atom is -0.495 e. The van der Waals surface area contributed by atoms with Crippen LogP contribution in [-0.2, 0) is 26.2 Å². The fourth-order valence-electron chi connectivity index (χ4n) is 3.43. The molecular weight excluding hydrogens is 473 g/mol. The highest BCUT2D eigenvalue weighted by molar-refractivity contribution is 7.92. The summed E-state index contributed by atoms with van der Waals surface area (Å²) < 4.78 is 46.1. The maximum atomic E-state index is 14.4. The zero-order valence-corrected chi connectivity index (χ0v) is 21.9. The maximum Gasteiger partial charge on any atom is 0.244 e. The molecule has 0 aliphatic rings. The molecule has 0 aliphatic heterocycles. The Kier molecular flexibility index (Phi) is 9.64. The van der Waals surface area contributed by atoms with Gasteiger partial charge in [0, 0.05) is 18.7 Å². The van der Waals surface area contributed by atoms with E-state index >= 15 is 0 Å². The highest BCUT2D eigenvalue weighted by Gasteiger charge is 2.31. The topological polar surface area (TPSA) is 96.0 Å². The standard InChI is InChI=1S/C25H34FN3O5S/c1-17(2)14-27-25(31)19(4)28(15-20-9-7-8-10-21(20)26)24(30)16-29(35(6,32)33)22-13-18(3)11-12-23(22)34-5/h7-13,17,19H,14-16H2,1-6H3,(H,27,31). The SMILES string of the molecule is COc1ccc(C)cc1N(CC(=O)N(Cc1ccccc1F)C(C)C(=O)NCC(C)C)S(C)(=O)=O. The van der Waals surface area contributed by atoms with Gasteiger partial charge in [0.2, 0.25) is 21.8 Å². The molecule has 2 aromatic carbocycles. The first kappa shape index (κ1) is 28.1. The second kappa shape index (κ2) is 12.0. The minimum atomic E-state index is -3.91. The fourth-order valence-corrected chi connectivity index (χ4v) is 4.28. The Hall–Kier alpha value is -3.14. The van der Waals surface area contributed by atoms with Crippen LogP contribution in [0.2, 0.25) is 0 Å². The summed E-state index contributed by atoms with van der Waals surface area (Å²) in [5, 5.41) is 2.78. The molecule has 1 unspecified atom stereocenters. The molecule has 8 nitrogen and oxygen atoms in total. The monoisotopic (exact) mass is 507 g/mol. The van der Waals surface area contributed by atoms with E-state index in [-0.39, 0.29) is 29.5 Å². The van der Waals surface area contributed by atoms with E-state index in [1.807, 2.05) is 13.8 Å². The normalized spacial score (nSPS) is 12.2. The van der Waals surface area contributed by atoms with Gasteiger partial charge < -0.3 is 15.0 Å². The molecule has 0 saturated heterocycles. The van der Waals surface area contributed by atoms with Gasteiger partial charge in [-0.15, -0.1) is 0 Å². The number of rotatable bonds is 11. The Balaban J connectivity index is 2.45. The van der Waals surface area contributed by atoms with Crippen LogP contribution in [0.4, 0.5) is 10.1 Å². The lowest BCUT2D eigenvalue weighted by Crippen LogP contribution is -2.51. The van der Waals surface area contributed by atoms with E-state index in [4.69, 9.17) is 4.74 Å². The smallest absolute Gasteiger partial charge is 0.244 e. The van der Waals surface area contributed by atoms with E-state index in [1.165, 1.54) is 37.1 Å². The lowest BCUT2D eigenvalue weighted by Gasteiger charge is -2.32. The molecule has 2 aromatic rings. The quantitative estimate of drug-likeness (QED) is 0.504. The number of ether oxygens (including phenoxy) is 1. The van der Waals surface area contributed by atoms with Crippen molar-refractivity contribution in [1.82, 2.24) is 10.2 Å². The van der Waals surface area contributed by atoms with Crippen molar-refractivity contribution < 1.29 is 27.1 Å². The van der Waals surface area contributed by atoms with Gasteiger partial charge in [-0.1, -0.05) is 38.1 Å². The number of aryl methyl sites for hydroxylation is 1. The van der Waals surface area contributed by atoms with Crippen LogP contribution in [0.25, 0.3) is 0 Å². The minimum absolute atomic E-state index is 0.191. The zero-order valence-electron chi connectivity index (χ0n) is 21.0. The number of anilines is 1. The van der Waals surface area contributed by atoms with Crippen LogP contribution in [0.5, 0.6) is 5.75 Å². The van der Waals surface area contributed by atoms with Gasteiger partial charge >= 0.3 is 0 Å². The number of hydrogen-bond donors (Lipinski definition) is 1. The van der Waals surface area contributed by atoms with Crippen LogP contribution in [0.1, 0.15) is 31.9 Å². The van der Waals surface area contributed by atoms with E-state index < -0.39 is 40.2 Å². The molecule has 1 atom stereocenters. The summed E-state index contributed by atoms with van der Waals surface area (Å²) in [6.45, 7) is 6.81. The van der Waals surface area contributed by atoms with Gasteiger partial charge in [-0.05, 0) is 43.5 Å². The maximum absolute atomic E-state index is 14.4. The van der Waals surface area contributed by atoms with E-state index in [0.29, 0.717) is 6.54 Å². The Morgan fingerprint density at radius 2 is 1.77 bits per heavy atom. The molecule has 0 spiro atoms. The van der Waals surface area contributed by atoms with E-state index in [2.05, 4.69) is 5.32 Å². The molecule has 0 aromatic heterocycles. The average molecular weight is 508 g/mol. The van der Waals surface area contributed by atoms with Crippen molar-refractivity contribution in [3.05, 3.63) is 59.4 Å². The second-order valence-corrected chi connectivity index (χ2v) is 10.8. The van der Waals surface area contributed by atoms with Gasteiger partial charge in [0.25, 0.3) is 0 Å². The molecule has 192 valence electrons. The third-order valence-electron chi connectivity index (χ3n) is 5.43. The lowest BCUT2D eigenvalue weighted by atomic mass is 10.1. The molecule has 35 heavy (non-hydrogen) atoms.